The van der Waals surface area contributed by atoms with E-state index < -0.39 is 152 Å². The number of hydrogen-bond donors (Lipinski definition) is 13. The van der Waals surface area contributed by atoms with Gasteiger partial charge in [-0.2, -0.15) is 11.8 Å². The number of nitrogens with zero attached hydrogens (tertiary/aromatic N) is 2. The molecule has 1 heterocycles. The Bertz CT molecular complexity index is 1780. The summed E-state index contributed by atoms with van der Waals surface area (Å²) >= 11 is 1.27. The van der Waals surface area contributed by atoms with Gasteiger partial charge >= 0.3 is 23.9 Å². The monoisotopic (exact) mass is 959 g/mol. The van der Waals surface area contributed by atoms with Gasteiger partial charge in [-0.3, -0.25) is 52.9 Å². The lowest BCUT2D eigenvalue weighted by molar-refractivity contribution is -0.144. The first-order valence-corrected chi connectivity index (χ1v) is 22.6. The van der Waals surface area contributed by atoms with Crippen molar-refractivity contribution in [3.8, 4) is 0 Å². The number of aliphatic imine (C=N–C) groups is 1. The van der Waals surface area contributed by atoms with Crippen molar-refractivity contribution in [2.45, 2.75) is 140 Å². The SMILES string of the molecule is CC[C@H](C)[C@H](NC(=O)[C@H](CCC(=O)O)NC(=O)[C@H](CCC(=O)O)NC(=O)[C@@H]1CCCN1C(=O)[C@H](C)N)C(=O)N[C@@H](CCSC)C(=O)N[C@@H](CC(=O)O)C(=O)N[C@@H](CCCN=C(N)N)C(=O)O. The molecule has 9 atom stereocenters. The molecular weight excluding hydrogens is 895 g/mol. The quantitative estimate of drug-likeness (QED) is 0.0181. The number of carboxylic acids is 4. The summed E-state index contributed by atoms with van der Waals surface area (Å²) in [6.45, 7) is 4.90. The second kappa shape index (κ2) is 29.3. The first kappa shape index (κ1) is 57.8. The molecule has 0 saturated carbocycles. The molecule has 1 aliphatic heterocycles. The van der Waals surface area contributed by atoms with Crippen LogP contribution in [0.15, 0.2) is 4.99 Å². The summed E-state index contributed by atoms with van der Waals surface area (Å²) in [5.74, 6) is -13.0. The summed E-state index contributed by atoms with van der Waals surface area (Å²) < 4.78 is 0. The third-order valence-electron chi connectivity index (χ3n) is 10.4. The predicted octanol–water partition coefficient (Wildman–Crippen LogP) is -3.62. The van der Waals surface area contributed by atoms with E-state index in [0.717, 1.165) is 0 Å². The van der Waals surface area contributed by atoms with Crippen molar-refractivity contribution in [3.05, 3.63) is 0 Å². The molecule has 372 valence electrons. The van der Waals surface area contributed by atoms with Gasteiger partial charge in [0.25, 0.3) is 0 Å². The summed E-state index contributed by atoms with van der Waals surface area (Å²) in [7, 11) is 0. The minimum Gasteiger partial charge on any atom is -0.481 e. The van der Waals surface area contributed by atoms with E-state index in [9.17, 15) is 73.2 Å². The molecule has 0 aromatic heterocycles. The second-order valence-electron chi connectivity index (χ2n) is 15.7. The molecule has 1 fully saturated rings. The summed E-state index contributed by atoms with van der Waals surface area (Å²) in [5, 5.41) is 52.3. The normalized spacial score (nSPS) is 16.9. The largest absolute Gasteiger partial charge is 0.481 e. The van der Waals surface area contributed by atoms with Crippen molar-refractivity contribution in [1.82, 2.24) is 36.8 Å². The molecule has 0 unspecified atom stereocenters. The Kier molecular flexibility index (Phi) is 25.7. The molecule has 26 nitrogen and oxygen atoms in total. The van der Waals surface area contributed by atoms with Crippen LogP contribution in [-0.4, -0.2) is 170 Å². The van der Waals surface area contributed by atoms with Gasteiger partial charge in [0.2, 0.25) is 41.4 Å². The van der Waals surface area contributed by atoms with Crippen molar-refractivity contribution >= 4 is 82.9 Å². The van der Waals surface area contributed by atoms with Crippen LogP contribution in [0.1, 0.15) is 91.4 Å². The van der Waals surface area contributed by atoms with Crippen LogP contribution in [0.2, 0.25) is 0 Å². The lowest BCUT2D eigenvalue weighted by atomic mass is 9.96. The van der Waals surface area contributed by atoms with Gasteiger partial charge in [0.1, 0.15) is 42.3 Å². The summed E-state index contributed by atoms with van der Waals surface area (Å²) in [6, 6.07) is -11.5. The maximum absolute atomic E-state index is 14.0. The number of rotatable bonds is 31. The Balaban J connectivity index is 3.39. The number of amides is 7. The van der Waals surface area contributed by atoms with E-state index in [1.165, 1.54) is 23.6 Å². The number of aliphatic carboxylic acids is 4. The van der Waals surface area contributed by atoms with Crippen LogP contribution in [-0.2, 0) is 52.7 Å². The number of carbonyl (C=O) groups is 11. The lowest BCUT2D eigenvalue weighted by Gasteiger charge is -2.30. The highest BCUT2D eigenvalue weighted by atomic mass is 32.2. The molecular formula is C39H65N11O15S. The second-order valence-corrected chi connectivity index (χ2v) is 16.7. The third-order valence-corrected chi connectivity index (χ3v) is 11.0. The van der Waals surface area contributed by atoms with E-state index in [1.54, 1.807) is 20.1 Å². The van der Waals surface area contributed by atoms with E-state index in [1.807, 2.05) is 0 Å². The zero-order chi connectivity index (χ0) is 50.3. The summed E-state index contributed by atoms with van der Waals surface area (Å²) in [6.07, 6.45) is -0.825. The van der Waals surface area contributed by atoms with Gasteiger partial charge in [-0.1, -0.05) is 20.3 Å². The highest BCUT2D eigenvalue weighted by Gasteiger charge is 2.39. The van der Waals surface area contributed by atoms with Crippen molar-refractivity contribution in [2.24, 2.45) is 28.1 Å². The molecule has 66 heavy (non-hydrogen) atoms. The van der Waals surface area contributed by atoms with Crippen LogP contribution in [0.3, 0.4) is 0 Å². The Labute approximate surface area is 385 Å². The van der Waals surface area contributed by atoms with Gasteiger partial charge < -0.3 is 74.4 Å². The van der Waals surface area contributed by atoms with Crippen LogP contribution in [0.5, 0.6) is 0 Å². The minimum absolute atomic E-state index is 0.0263. The average molecular weight is 960 g/mol. The maximum Gasteiger partial charge on any atom is 0.326 e. The summed E-state index contributed by atoms with van der Waals surface area (Å²) in [4.78, 5) is 146. The van der Waals surface area contributed by atoms with Crippen LogP contribution in [0.25, 0.3) is 0 Å². The van der Waals surface area contributed by atoms with E-state index in [2.05, 4.69) is 36.9 Å². The van der Waals surface area contributed by atoms with E-state index in [-0.39, 0.29) is 56.9 Å². The van der Waals surface area contributed by atoms with Gasteiger partial charge in [-0.05, 0) is 69.8 Å². The van der Waals surface area contributed by atoms with Gasteiger partial charge in [-0.15, -0.1) is 0 Å². The molecule has 1 saturated heterocycles. The van der Waals surface area contributed by atoms with Crippen LogP contribution in [0.4, 0.5) is 0 Å². The summed E-state index contributed by atoms with van der Waals surface area (Å²) in [5.41, 5.74) is 16.3. The molecule has 0 aromatic rings. The smallest absolute Gasteiger partial charge is 0.326 e. The first-order valence-electron chi connectivity index (χ1n) is 21.2. The highest BCUT2D eigenvalue weighted by molar-refractivity contribution is 7.98. The van der Waals surface area contributed by atoms with Crippen LogP contribution < -0.4 is 49.1 Å². The maximum atomic E-state index is 14.0. The molecule has 0 aliphatic carbocycles. The lowest BCUT2D eigenvalue weighted by Crippen LogP contribution is -2.61. The molecule has 0 radical (unpaired) electrons. The Hall–Kier alpha value is -6.25. The molecule has 16 N–H and O–H groups in total. The van der Waals surface area contributed by atoms with Gasteiger partial charge in [0, 0.05) is 25.9 Å². The Morgan fingerprint density at radius 1 is 0.682 bits per heavy atom. The van der Waals surface area contributed by atoms with Gasteiger partial charge in [0.05, 0.1) is 12.5 Å². The molecule has 0 aromatic carbocycles. The van der Waals surface area contributed by atoms with Crippen LogP contribution >= 0.6 is 11.8 Å². The van der Waals surface area contributed by atoms with Gasteiger partial charge in [0.15, 0.2) is 5.96 Å². The van der Waals surface area contributed by atoms with E-state index in [4.69, 9.17) is 17.2 Å². The predicted molar refractivity (Wildman–Crippen MR) is 236 cm³/mol. The molecule has 7 amide bonds. The number of thioether (sulfide) groups is 1. The Morgan fingerprint density at radius 3 is 1.68 bits per heavy atom. The number of hydrogen-bond acceptors (Lipinski definition) is 14. The number of likely N-dealkylation sites (tertiary alicyclic amines) is 1. The number of carboxylic acid groups (broad SMARTS) is 4. The highest BCUT2D eigenvalue weighted by Crippen LogP contribution is 2.19. The fraction of sp³-hybridized carbons (Fsp3) is 0.692. The minimum atomic E-state index is -1.81. The standard InChI is InChI=1S/C39H65N11O15S/c1-5-19(2)30(36(62)46-23(14-17-66-4)32(58)48-25(18-29(55)56)34(60)47-24(38(64)65)8-6-15-43-39(41)42)49-33(59)22(11-13-28(53)54)44-31(57)21(10-12-27(51)52)45-35(61)26-9-7-16-50(26)37(63)20(3)40/h19-26,30H,5-18,40H2,1-4H3,(H,44,57)(H,45,61)(H,46,62)(H,47,60)(H,48,58)(H,49,59)(H,51,52)(H,53,54)(H,55,56)(H,64,65)(H4,41,42,43)/t19-,20-,21-,22-,23-,24-,25-,26-,30-/m0/s1. The molecule has 1 aliphatic rings. The van der Waals surface area contributed by atoms with E-state index in [0.29, 0.717) is 6.42 Å². The van der Waals surface area contributed by atoms with E-state index >= 15 is 0 Å². The fourth-order valence-electron chi connectivity index (χ4n) is 6.59. The Morgan fingerprint density at radius 2 is 1.18 bits per heavy atom. The van der Waals surface area contributed by atoms with Crippen molar-refractivity contribution in [3.63, 3.8) is 0 Å². The molecule has 27 heteroatoms. The van der Waals surface area contributed by atoms with Crippen molar-refractivity contribution < 1.29 is 73.2 Å². The zero-order valence-electron chi connectivity index (χ0n) is 37.4. The van der Waals surface area contributed by atoms with Crippen molar-refractivity contribution in [1.29, 1.82) is 0 Å². The third kappa shape index (κ3) is 20.7. The number of carbonyl (C=O) groups excluding carboxylic acids is 7. The molecule has 0 spiro atoms. The number of nitrogens with one attached hydrogen (secondary N) is 6. The first-order chi connectivity index (χ1) is 30.9. The number of nitrogens with two attached hydrogens (primary N) is 3. The van der Waals surface area contributed by atoms with Gasteiger partial charge in [-0.25, -0.2) is 4.79 Å². The number of guanidine groups is 1. The van der Waals surface area contributed by atoms with Crippen LogP contribution in [0, 0.1) is 5.92 Å². The zero-order valence-corrected chi connectivity index (χ0v) is 38.2. The van der Waals surface area contributed by atoms with Crippen molar-refractivity contribution in [2.75, 3.05) is 25.1 Å². The fourth-order valence-corrected chi connectivity index (χ4v) is 7.06. The topological polar surface area (TPSA) is 435 Å². The molecule has 1 rings (SSSR count). The average Bonchev–Trinajstić information content (AvgIpc) is 3.74. The molecule has 0 bridgehead atoms.